The van der Waals surface area contributed by atoms with Gasteiger partial charge in [-0.15, -0.1) is 11.3 Å². The third kappa shape index (κ3) is 1.67. The van der Waals surface area contributed by atoms with Gasteiger partial charge in [-0.1, -0.05) is 0 Å². The van der Waals surface area contributed by atoms with Gasteiger partial charge >= 0.3 is 0 Å². The normalized spacial score (nSPS) is 19.8. The Bertz CT molecular complexity index is 720. The van der Waals surface area contributed by atoms with Gasteiger partial charge in [0.2, 0.25) is 0 Å². The third-order valence-corrected chi connectivity index (χ3v) is 4.95. The minimum Gasteiger partial charge on any atom is -0.379 e. The fourth-order valence-electron chi connectivity index (χ4n) is 2.40. The van der Waals surface area contributed by atoms with Crippen LogP contribution in [0.4, 0.5) is 0 Å². The van der Waals surface area contributed by atoms with Gasteiger partial charge in [-0.05, 0) is 38.0 Å². The number of H-pyrrole nitrogens is 1. The Labute approximate surface area is 113 Å². The minimum absolute atomic E-state index is 0.0195. The van der Waals surface area contributed by atoms with Gasteiger partial charge < -0.3 is 9.72 Å². The number of fused-ring (bicyclic) bond motifs is 1. The summed E-state index contributed by atoms with van der Waals surface area (Å²) < 4.78 is 7.54. The monoisotopic (exact) mass is 282 g/mol. The fraction of sp³-hybridized carbons (Fsp3) is 0.500. The molecule has 1 atom stereocenters. The van der Waals surface area contributed by atoms with Gasteiger partial charge in [-0.3, -0.25) is 9.36 Å². The second-order valence-electron chi connectivity index (χ2n) is 4.61. The maximum absolute atomic E-state index is 12.6. The summed E-state index contributed by atoms with van der Waals surface area (Å²) in [5.41, 5.74) is 1.07. The molecular formula is C12H14N2O2S2. The average molecular weight is 282 g/mol. The molecule has 18 heavy (non-hydrogen) atoms. The lowest BCUT2D eigenvalue weighted by molar-refractivity contribution is 0.185. The quantitative estimate of drug-likeness (QED) is 0.818. The van der Waals surface area contributed by atoms with Crippen LogP contribution < -0.4 is 5.56 Å². The van der Waals surface area contributed by atoms with Crippen molar-refractivity contribution in [2.24, 2.45) is 0 Å². The lowest BCUT2D eigenvalue weighted by Crippen LogP contribution is -2.26. The predicted molar refractivity (Wildman–Crippen MR) is 75.2 cm³/mol. The smallest absolute Gasteiger partial charge is 0.263 e. The molecule has 0 radical (unpaired) electrons. The molecule has 6 heteroatoms. The van der Waals surface area contributed by atoms with Crippen LogP contribution >= 0.6 is 23.6 Å². The summed E-state index contributed by atoms with van der Waals surface area (Å²) in [5.74, 6) is 0. The Hall–Kier alpha value is -0.980. The molecule has 3 rings (SSSR count). The number of ether oxygens (including phenoxy) is 1. The molecule has 1 aliphatic rings. The van der Waals surface area contributed by atoms with Crippen molar-refractivity contribution in [1.29, 1.82) is 0 Å². The van der Waals surface area contributed by atoms with Gasteiger partial charge in [0.05, 0.1) is 18.0 Å². The highest BCUT2D eigenvalue weighted by Gasteiger charge is 2.22. The standard InChI is InChI=1S/C12H14N2O2S2/c1-6-7(2)18-10-9(6)11(15)14(12(17)13-10)8-3-4-16-5-8/h8H,3-5H2,1-2H3,(H,13,17). The molecule has 1 fully saturated rings. The Balaban J connectivity index is 2.35. The van der Waals surface area contributed by atoms with Crippen LogP contribution in [0.1, 0.15) is 22.9 Å². The molecule has 1 N–H and O–H groups in total. The van der Waals surface area contributed by atoms with Crippen LogP contribution in [0.3, 0.4) is 0 Å². The summed E-state index contributed by atoms with van der Waals surface area (Å²) in [6, 6.07) is 0.0743. The zero-order chi connectivity index (χ0) is 12.9. The summed E-state index contributed by atoms with van der Waals surface area (Å²) in [5, 5.41) is 0.776. The van der Waals surface area contributed by atoms with Crippen molar-refractivity contribution >= 4 is 33.8 Å². The van der Waals surface area contributed by atoms with Gasteiger partial charge in [-0.25, -0.2) is 0 Å². The van der Waals surface area contributed by atoms with E-state index < -0.39 is 0 Å². The third-order valence-electron chi connectivity index (χ3n) is 3.53. The van der Waals surface area contributed by atoms with Crippen molar-refractivity contribution in [2.45, 2.75) is 26.3 Å². The first-order valence-corrected chi connectivity index (χ1v) is 7.14. The first-order chi connectivity index (χ1) is 8.59. The van der Waals surface area contributed by atoms with Crippen LogP contribution in [-0.4, -0.2) is 22.8 Å². The second-order valence-corrected chi connectivity index (χ2v) is 6.22. The zero-order valence-electron chi connectivity index (χ0n) is 10.3. The van der Waals surface area contributed by atoms with E-state index in [1.165, 1.54) is 0 Å². The van der Waals surface area contributed by atoms with Crippen LogP contribution in [0.15, 0.2) is 4.79 Å². The zero-order valence-corrected chi connectivity index (χ0v) is 11.9. The van der Waals surface area contributed by atoms with E-state index in [4.69, 9.17) is 17.0 Å². The highest BCUT2D eigenvalue weighted by molar-refractivity contribution is 7.71. The SMILES string of the molecule is Cc1sc2[nH]c(=S)n(C3CCOC3)c(=O)c2c1C. The molecule has 1 aliphatic heterocycles. The van der Waals surface area contributed by atoms with E-state index >= 15 is 0 Å². The molecule has 4 nitrogen and oxygen atoms in total. The number of aromatic nitrogens is 2. The Morgan fingerprint density at radius 1 is 1.50 bits per heavy atom. The molecule has 3 heterocycles. The van der Waals surface area contributed by atoms with Crippen LogP contribution in [0.2, 0.25) is 0 Å². The van der Waals surface area contributed by atoms with Crippen molar-refractivity contribution in [3.8, 4) is 0 Å². The Kier molecular flexibility index (Phi) is 2.88. The first kappa shape index (κ1) is 12.1. The molecule has 0 aliphatic carbocycles. The molecule has 1 unspecified atom stereocenters. The Morgan fingerprint density at radius 3 is 2.94 bits per heavy atom. The first-order valence-electron chi connectivity index (χ1n) is 5.92. The summed E-state index contributed by atoms with van der Waals surface area (Å²) in [6.45, 7) is 5.29. The van der Waals surface area contributed by atoms with Gasteiger partial charge in [-0.2, -0.15) is 0 Å². The molecule has 2 aromatic heterocycles. The molecule has 0 aromatic carbocycles. The predicted octanol–water partition coefficient (Wildman–Crippen LogP) is 2.70. The maximum atomic E-state index is 12.6. The molecule has 1 saturated heterocycles. The van der Waals surface area contributed by atoms with Crippen LogP contribution in [0.25, 0.3) is 10.2 Å². The number of nitrogens with one attached hydrogen (secondary N) is 1. The largest absolute Gasteiger partial charge is 0.379 e. The number of hydrogen-bond acceptors (Lipinski definition) is 4. The number of aromatic amines is 1. The lowest BCUT2D eigenvalue weighted by Gasteiger charge is -2.12. The number of thiophene rings is 1. The number of hydrogen-bond donors (Lipinski definition) is 1. The highest BCUT2D eigenvalue weighted by Crippen LogP contribution is 2.27. The second kappa shape index (κ2) is 4.29. The molecule has 0 bridgehead atoms. The Morgan fingerprint density at radius 2 is 2.28 bits per heavy atom. The molecule has 0 amide bonds. The highest BCUT2D eigenvalue weighted by atomic mass is 32.1. The van der Waals surface area contributed by atoms with Crippen molar-refractivity contribution in [1.82, 2.24) is 9.55 Å². The van der Waals surface area contributed by atoms with E-state index in [2.05, 4.69) is 4.98 Å². The van der Waals surface area contributed by atoms with E-state index in [9.17, 15) is 4.79 Å². The molecule has 0 saturated carbocycles. The van der Waals surface area contributed by atoms with Gasteiger partial charge in [0.25, 0.3) is 5.56 Å². The molecule has 0 spiro atoms. The maximum Gasteiger partial charge on any atom is 0.263 e. The number of nitrogens with zero attached hydrogens (tertiary/aromatic N) is 1. The van der Waals surface area contributed by atoms with Gasteiger partial charge in [0, 0.05) is 11.5 Å². The van der Waals surface area contributed by atoms with E-state index in [1.807, 2.05) is 13.8 Å². The molecule has 96 valence electrons. The van der Waals surface area contributed by atoms with Gasteiger partial charge in [0.1, 0.15) is 4.83 Å². The van der Waals surface area contributed by atoms with Gasteiger partial charge in [0.15, 0.2) is 4.77 Å². The minimum atomic E-state index is 0.0195. The van der Waals surface area contributed by atoms with E-state index in [1.54, 1.807) is 15.9 Å². The van der Waals surface area contributed by atoms with E-state index in [-0.39, 0.29) is 11.6 Å². The number of rotatable bonds is 1. The summed E-state index contributed by atoms with van der Waals surface area (Å²) in [7, 11) is 0. The topological polar surface area (TPSA) is 47.0 Å². The van der Waals surface area contributed by atoms with E-state index in [0.29, 0.717) is 18.0 Å². The summed E-state index contributed by atoms with van der Waals surface area (Å²) >= 11 is 6.91. The summed E-state index contributed by atoms with van der Waals surface area (Å²) in [6.07, 6.45) is 0.852. The average Bonchev–Trinajstić information content (AvgIpc) is 2.89. The van der Waals surface area contributed by atoms with Crippen molar-refractivity contribution in [2.75, 3.05) is 13.2 Å². The van der Waals surface area contributed by atoms with E-state index in [0.717, 1.165) is 27.1 Å². The van der Waals surface area contributed by atoms with Crippen molar-refractivity contribution < 1.29 is 4.74 Å². The van der Waals surface area contributed by atoms with Crippen molar-refractivity contribution in [3.63, 3.8) is 0 Å². The summed E-state index contributed by atoms with van der Waals surface area (Å²) in [4.78, 5) is 17.8. The molecular weight excluding hydrogens is 268 g/mol. The fourth-order valence-corrected chi connectivity index (χ4v) is 3.85. The molecule has 2 aromatic rings. The lowest BCUT2D eigenvalue weighted by atomic mass is 10.2. The van der Waals surface area contributed by atoms with Crippen molar-refractivity contribution in [3.05, 3.63) is 25.6 Å². The van der Waals surface area contributed by atoms with Crippen LogP contribution in [-0.2, 0) is 4.74 Å². The van der Waals surface area contributed by atoms with Crippen LogP contribution in [0.5, 0.6) is 0 Å². The number of aryl methyl sites for hydroxylation is 2. The van der Waals surface area contributed by atoms with Crippen LogP contribution in [0, 0.1) is 18.6 Å².